The molecule has 0 aliphatic heterocycles. The Balaban J connectivity index is 2.28. The zero-order valence-corrected chi connectivity index (χ0v) is 12.3. The molecule has 0 bridgehead atoms. The smallest absolute Gasteiger partial charge is 0.210 e. The Morgan fingerprint density at radius 3 is 2.47 bits per heavy atom. The highest BCUT2D eigenvalue weighted by Gasteiger charge is 2.16. The van der Waals surface area contributed by atoms with E-state index >= 15 is 0 Å². The maximum atomic E-state index is 5.57. The Morgan fingerprint density at radius 1 is 1.11 bits per heavy atom. The number of benzene rings is 1. The molecular formula is C14H19NO3S. The first-order valence-electron chi connectivity index (χ1n) is 6.55. The summed E-state index contributed by atoms with van der Waals surface area (Å²) in [6.07, 6.45) is -0.372. The van der Waals surface area contributed by atoms with Gasteiger partial charge in [0.25, 0.3) is 0 Å². The quantitative estimate of drug-likeness (QED) is 0.724. The van der Waals surface area contributed by atoms with Gasteiger partial charge in [0.05, 0.1) is 16.8 Å². The fourth-order valence-electron chi connectivity index (χ4n) is 1.77. The molecule has 0 aliphatic rings. The Labute approximate surface area is 117 Å². The van der Waals surface area contributed by atoms with Gasteiger partial charge in [-0.05, 0) is 39.0 Å². The lowest BCUT2D eigenvalue weighted by Gasteiger charge is -2.13. The van der Waals surface area contributed by atoms with Crippen LogP contribution in [0.4, 0.5) is 0 Å². The van der Waals surface area contributed by atoms with Crippen molar-refractivity contribution < 1.29 is 14.2 Å². The highest BCUT2D eigenvalue weighted by atomic mass is 32.1. The van der Waals surface area contributed by atoms with Gasteiger partial charge in [-0.25, -0.2) is 4.98 Å². The van der Waals surface area contributed by atoms with Crippen LogP contribution < -0.4 is 4.74 Å². The number of hydrogen-bond donors (Lipinski definition) is 0. The molecule has 104 valence electrons. The SMILES string of the molecule is CCOc1ccc2nc(C(OCC)OCC)sc2c1. The van der Waals surface area contributed by atoms with Crippen molar-refractivity contribution in [2.45, 2.75) is 27.1 Å². The average Bonchev–Trinajstić information content (AvgIpc) is 2.82. The van der Waals surface area contributed by atoms with Gasteiger partial charge in [-0.1, -0.05) is 0 Å². The molecule has 0 aliphatic carbocycles. The van der Waals surface area contributed by atoms with Crippen molar-refractivity contribution in [2.75, 3.05) is 19.8 Å². The summed E-state index contributed by atoms with van der Waals surface area (Å²) < 4.78 is 17.7. The standard InChI is InChI=1S/C14H19NO3S/c1-4-16-10-7-8-11-12(9-10)19-13(15-11)14(17-5-2)18-6-3/h7-9,14H,4-6H2,1-3H3. The minimum atomic E-state index is -0.372. The molecule has 0 unspecified atom stereocenters. The highest BCUT2D eigenvalue weighted by Crippen LogP contribution is 2.31. The third-order valence-corrected chi connectivity index (χ3v) is 3.56. The van der Waals surface area contributed by atoms with Crippen molar-refractivity contribution in [3.05, 3.63) is 23.2 Å². The molecule has 0 saturated heterocycles. The lowest BCUT2D eigenvalue weighted by Crippen LogP contribution is -2.08. The van der Waals surface area contributed by atoms with E-state index < -0.39 is 0 Å². The van der Waals surface area contributed by atoms with Crippen LogP contribution in [-0.2, 0) is 9.47 Å². The first-order chi connectivity index (χ1) is 9.28. The molecular weight excluding hydrogens is 262 g/mol. The van der Waals surface area contributed by atoms with Crippen LogP contribution in [0, 0.1) is 0 Å². The van der Waals surface area contributed by atoms with Crippen LogP contribution in [0.2, 0.25) is 0 Å². The molecule has 1 heterocycles. The molecule has 5 heteroatoms. The van der Waals surface area contributed by atoms with Gasteiger partial charge < -0.3 is 14.2 Å². The number of fused-ring (bicyclic) bond motifs is 1. The van der Waals surface area contributed by atoms with Crippen LogP contribution in [0.15, 0.2) is 18.2 Å². The highest BCUT2D eigenvalue weighted by molar-refractivity contribution is 7.18. The summed E-state index contributed by atoms with van der Waals surface area (Å²) in [6, 6.07) is 5.91. The molecule has 0 saturated carbocycles. The van der Waals surface area contributed by atoms with E-state index in [1.807, 2.05) is 39.0 Å². The number of nitrogens with zero attached hydrogens (tertiary/aromatic N) is 1. The van der Waals surface area contributed by atoms with Gasteiger partial charge in [-0.3, -0.25) is 0 Å². The third-order valence-electron chi connectivity index (χ3n) is 2.53. The Morgan fingerprint density at radius 2 is 1.84 bits per heavy atom. The van der Waals surface area contributed by atoms with E-state index in [4.69, 9.17) is 14.2 Å². The summed E-state index contributed by atoms with van der Waals surface area (Å²) >= 11 is 1.58. The van der Waals surface area contributed by atoms with Crippen LogP contribution in [0.25, 0.3) is 10.2 Å². The average molecular weight is 281 g/mol. The monoisotopic (exact) mass is 281 g/mol. The lowest BCUT2D eigenvalue weighted by molar-refractivity contribution is -0.140. The van der Waals surface area contributed by atoms with Gasteiger partial charge in [0.15, 0.2) is 5.01 Å². The van der Waals surface area contributed by atoms with E-state index in [0.29, 0.717) is 19.8 Å². The third kappa shape index (κ3) is 3.43. The van der Waals surface area contributed by atoms with E-state index in [1.54, 1.807) is 11.3 Å². The minimum absolute atomic E-state index is 0.372. The fourth-order valence-corrected chi connectivity index (χ4v) is 2.77. The van der Waals surface area contributed by atoms with Crippen molar-refractivity contribution in [3.8, 4) is 5.75 Å². The van der Waals surface area contributed by atoms with Crippen LogP contribution >= 0.6 is 11.3 Å². The van der Waals surface area contributed by atoms with Gasteiger partial charge in [0.2, 0.25) is 6.29 Å². The second kappa shape index (κ2) is 6.84. The van der Waals surface area contributed by atoms with Crippen molar-refractivity contribution in [1.29, 1.82) is 0 Å². The fraction of sp³-hybridized carbons (Fsp3) is 0.500. The van der Waals surface area contributed by atoms with Gasteiger partial charge in [-0.15, -0.1) is 11.3 Å². The van der Waals surface area contributed by atoms with Crippen LogP contribution in [0.1, 0.15) is 32.1 Å². The summed E-state index contributed by atoms with van der Waals surface area (Å²) in [4.78, 5) is 4.56. The second-order valence-electron chi connectivity index (χ2n) is 3.86. The van der Waals surface area contributed by atoms with Crippen LogP contribution in [-0.4, -0.2) is 24.8 Å². The van der Waals surface area contributed by atoms with Crippen molar-refractivity contribution >= 4 is 21.6 Å². The van der Waals surface area contributed by atoms with Gasteiger partial charge in [-0.2, -0.15) is 0 Å². The van der Waals surface area contributed by atoms with Crippen LogP contribution in [0.3, 0.4) is 0 Å². The zero-order valence-electron chi connectivity index (χ0n) is 11.5. The predicted molar refractivity (Wildman–Crippen MR) is 76.8 cm³/mol. The largest absolute Gasteiger partial charge is 0.494 e. The van der Waals surface area contributed by atoms with Crippen molar-refractivity contribution in [3.63, 3.8) is 0 Å². The second-order valence-corrected chi connectivity index (χ2v) is 4.92. The van der Waals surface area contributed by atoms with Gasteiger partial charge in [0, 0.05) is 13.2 Å². The first kappa shape index (κ1) is 14.2. The Bertz CT molecular complexity index is 520. The molecule has 2 aromatic rings. The molecule has 19 heavy (non-hydrogen) atoms. The summed E-state index contributed by atoms with van der Waals surface area (Å²) in [5, 5.41) is 0.854. The topological polar surface area (TPSA) is 40.6 Å². The molecule has 0 N–H and O–H groups in total. The number of thiazole rings is 1. The Hall–Kier alpha value is -1.17. The summed E-state index contributed by atoms with van der Waals surface area (Å²) in [5.41, 5.74) is 0.952. The first-order valence-corrected chi connectivity index (χ1v) is 7.36. The van der Waals surface area contributed by atoms with E-state index in [0.717, 1.165) is 21.0 Å². The maximum absolute atomic E-state index is 5.57. The van der Waals surface area contributed by atoms with Gasteiger partial charge >= 0.3 is 0 Å². The molecule has 1 aromatic heterocycles. The molecule has 0 amide bonds. The maximum Gasteiger partial charge on any atom is 0.210 e. The zero-order chi connectivity index (χ0) is 13.7. The lowest BCUT2D eigenvalue weighted by atomic mass is 10.3. The molecule has 4 nitrogen and oxygen atoms in total. The molecule has 0 spiro atoms. The van der Waals surface area contributed by atoms with E-state index in [9.17, 15) is 0 Å². The molecule has 0 fully saturated rings. The summed E-state index contributed by atoms with van der Waals surface area (Å²) in [7, 11) is 0. The van der Waals surface area contributed by atoms with Crippen LogP contribution in [0.5, 0.6) is 5.75 Å². The molecule has 0 atom stereocenters. The number of hydrogen-bond acceptors (Lipinski definition) is 5. The van der Waals surface area contributed by atoms with E-state index in [-0.39, 0.29) is 6.29 Å². The predicted octanol–water partition coefficient (Wildman–Crippen LogP) is 3.77. The number of aromatic nitrogens is 1. The molecule has 0 radical (unpaired) electrons. The van der Waals surface area contributed by atoms with Crippen molar-refractivity contribution in [1.82, 2.24) is 4.98 Å². The van der Waals surface area contributed by atoms with Gasteiger partial charge in [0.1, 0.15) is 5.75 Å². The normalized spacial score (nSPS) is 11.4. The minimum Gasteiger partial charge on any atom is -0.494 e. The summed E-state index contributed by atoms with van der Waals surface area (Å²) in [5.74, 6) is 0.870. The molecule has 2 rings (SSSR count). The van der Waals surface area contributed by atoms with E-state index in [1.165, 1.54) is 0 Å². The molecule has 1 aromatic carbocycles. The number of rotatable bonds is 7. The number of ether oxygens (including phenoxy) is 3. The van der Waals surface area contributed by atoms with E-state index in [2.05, 4.69) is 4.98 Å². The van der Waals surface area contributed by atoms with Crippen molar-refractivity contribution in [2.24, 2.45) is 0 Å². The Kier molecular flexibility index (Phi) is 5.13. The summed E-state index contributed by atoms with van der Waals surface area (Å²) in [6.45, 7) is 7.74.